The van der Waals surface area contributed by atoms with E-state index >= 15 is 0 Å². The van der Waals surface area contributed by atoms with Gasteiger partial charge in [-0.25, -0.2) is 4.98 Å². The summed E-state index contributed by atoms with van der Waals surface area (Å²) in [7, 11) is 3.52. The quantitative estimate of drug-likeness (QED) is 0.406. The lowest BCUT2D eigenvalue weighted by molar-refractivity contribution is -0.127. The van der Waals surface area contributed by atoms with Crippen molar-refractivity contribution < 1.29 is 14.3 Å². The Morgan fingerprint density at radius 2 is 1.97 bits per heavy atom. The standard InChI is InChI=1S/C28H29N7O3/c1-34-22-14-29-23(31-26(36)16-6-7-16)12-20(22)24(33-34)19-5-3-4-18(25(19)38-2)17-13-30-35(15-17)21-8-9-28(10-11-28)32-27(21)37/h3-5,12-16,21H,6-11H2,1-2H3,(H,32,37)(H,29,31,36)/t21-/m0/s1. The highest BCUT2D eigenvalue weighted by molar-refractivity contribution is 6.00. The number of nitrogens with zero attached hydrogens (tertiary/aromatic N) is 5. The van der Waals surface area contributed by atoms with Gasteiger partial charge >= 0.3 is 0 Å². The second-order valence-corrected chi connectivity index (χ2v) is 10.7. The zero-order valence-corrected chi connectivity index (χ0v) is 21.4. The molecular formula is C28H29N7O3. The Bertz CT molecular complexity index is 1600. The average Bonchev–Trinajstić information content (AvgIpc) is 3.83. The third-order valence-corrected chi connectivity index (χ3v) is 8.08. The summed E-state index contributed by atoms with van der Waals surface area (Å²) in [5.41, 5.74) is 4.17. The van der Waals surface area contributed by atoms with Crippen molar-refractivity contribution in [2.45, 2.75) is 50.1 Å². The van der Waals surface area contributed by atoms with Crippen molar-refractivity contribution in [3.05, 3.63) is 42.9 Å². The first kappa shape index (κ1) is 22.9. The number of nitrogens with one attached hydrogen (secondary N) is 2. The molecule has 194 valence electrons. The number of carbonyl (C=O) groups excluding carboxylic acids is 2. The lowest BCUT2D eigenvalue weighted by Crippen LogP contribution is -2.46. The second kappa shape index (κ2) is 8.41. The van der Waals surface area contributed by atoms with E-state index < -0.39 is 0 Å². The van der Waals surface area contributed by atoms with Crippen molar-refractivity contribution in [2.24, 2.45) is 13.0 Å². The number of methoxy groups -OCH3 is 1. The number of pyridine rings is 1. The highest BCUT2D eigenvalue weighted by Crippen LogP contribution is 2.45. The summed E-state index contributed by atoms with van der Waals surface area (Å²) in [5.74, 6) is 1.32. The Balaban J connectivity index is 1.25. The summed E-state index contributed by atoms with van der Waals surface area (Å²) in [6.45, 7) is 0. The van der Waals surface area contributed by atoms with Crippen molar-refractivity contribution in [1.29, 1.82) is 0 Å². The van der Waals surface area contributed by atoms with Gasteiger partial charge in [-0.15, -0.1) is 0 Å². The van der Waals surface area contributed by atoms with Crippen LogP contribution in [0.3, 0.4) is 0 Å². The van der Waals surface area contributed by atoms with Crippen LogP contribution in [0, 0.1) is 5.92 Å². The van der Waals surface area contributed by atoms with Crippen LogP contribution in [0.25, 0.3) is 33.3 Å². The maximum atomic E-state index is 12.8. The summed E-state index contributed by atoms with van der Waals surface area (Å²) in [5, 5.41) is 16.3. The topological polar surface area (TPSA) is 116 Å². The Kier molecular flexibility index (Phi) is 5.08. The molecule has 10 heteroatoms. The minimum absolute atomic E-state index is 0.0119. The number of hydrogen-bond donors (Lipinski definition) is 2. The third kappa shape index (κ3) is 3.82. The van der Waals surface area contributed by atoms with E-state index in [0.29, 0.717) is 11.6 Å². The normalized spacial score (nSPS) is 19.9. The van der Waals surface area contributed by atoms with Crippen LogP contribution in [0.15, 0.2) is 42.9 Å². The molecule has 2 aliphatic carbocycles. The molecule has 4 aromatic rings. The molecule has 7 rings (SSSR count). The number of para-hydroxylation sites is 1. The zero-order chi connectivity index (χ0) is 26.0. The van der Waals surface area contributed by atoms with E-state index in [1.54, 1.807) is 28.9 Å². The molecule has 2 amide bonds. The van der Waals surface area contributed by atoms with E-state index in [1.807, 2.05) is 37.5 Å². The number of benzene rings is 1. The molecule has 4 heterocycles. The number of ether oxygens (including phenoxy) is 1. The Labute approximate surface area is 219 Å². The number of carbonyl (C=O) groups is 2. The first-order valence-electron chi connectivity index (χ1n) is 13.1. The Hall–Kier alpha value is -4.21. The van der Waals surface area contributed by atoms with Gasteiger partial charge in [-0.2, -0.15) is 10.2 Å². The summed E-state index contributed by atoms with van der Waals surface area (Å²) in [4.78, 5) is 29.5. The van der Waals surface area contributed by atoms with Crippen molar-refractivity contribution in [1.82, 2.24) is 29.9 Å². The van der Waals surface area contributed by atoms with E-state index in [9.17, 15) is 9.59 Å². The van der Waals surface area contributed by atoms with Crippen LogP contribution in [-0.2, 0) is 16.6 Å². The molecule has 10 nitrogen and oxygen atoms in total. The molecule has 3 aromatic heterocycles. The van der Waals surface area contributed by atoms with E-state index in [2.05, 4.69) is 20.7 Å². The van der Waals surface area contributed by atoms with Crippen molar-refractivity contribution in [3.63, 3.8) is 0 Å². The van der Waals surface area contributed by atoms with Crippen LogP contribution in [0.5, 0.6) is 5.75 Å². The number of aromatic nitrogens is 5. The number of hydrogen-bond acceptors (Lipinski definition) is 6. The SMILES string of the molecule is COc1c(-c2cnn([C@H]3CCC4(CC4)NC3=O)c2)cccc1-c1nn(C)c2cnc(NC(=O)C3CC3)cc12. The van der Waals surface area contributed by atoms with Crippen LogP contribution in [0.2, 0.25) is 0 Å². The summed E-state index contributed by atoms with van der Waals surface area (Å²) in [6.07, 6.45) is 11.2. The van der Waals surface area contributed by atoms with Gasteiger partial charge in [-0.3, -0.25) is 19.0 Å². The van der Waals surface area contributed by atoms with Crippen LogP contribution in [0.4, 0.5) is 5.82 Å². The van der Waals surface area contributed by atoms with Gasteiger partial charge in [-0.05, 0) is 50.7 Å². The van der Waals surface area contributed by atoms with Crippen LogP contribution < -0.4 is 15.4 Å². The smallest absolute Gasteiger partial charge is 0.245 e. The third-order valence-electron chi connectivity index (χ3n) is 8.08. The molecular weight excluding hydrogens is 482 g/mol. The predicted molar refractivity (Wildman–Crippen MR) is 141 cm³/mol. The highest BCUT2D eigenvalue weighted by atomic mass is 16.5. The summed E-state index contributed by atoms with van der Waals surface area (Å²) >= 11 is 0. The lowest BCUT2D eigenvalue weighted by atomic mass is 9.98. The van der Waals surface area contributed by atoms with Gasteiger partial charge in [0.05, 0.1) is 25.0 Å². The van der Waals surface area contributed by atoms with E-state index in [-0.39, 0.29) is 29.3 Å². The molecule has 2 N–H and O–H groups in total. The molecule has 1 atom stereocenters. The Morgan fingerprint density at radius 1 is 1.16 bits per heavy atom. The molecule has 0 bridgehead atoms. The first-order valence-corrected chi connectivity index (χ1v) is 13.1. The number of piperidine rings is 1. The fourth-order valence-electron chi connectivity index (χ4n) is 5.54. The largest absolute Gasteiger partial charge is 0.495 e. The van der Waals surface area contributed by atoms with Gasteiger partial charge in [0.25, 0.3) is 0 Å². The van der Waals surface area contributed by atoms with Gasteiger partial charge in [0.15, 0.2) is 0 Å². The van der Waals surface area contributed by atoms with Gasteiger partial charge in [0, 0.05) is 46.8 Å². The number of aryl methyl sites for hydroxylation is 1. The fraction of sp³-hybridized carbons (Fsp3) is 0.393. The monoisotopic (exact) mass is 511 g/mol. The average molecular weight is 512 g/mol. The minimum atomic E-state index is -0.305. The van der Waals surface area contributed by atoms with Gasteiger partial charge in [0.1, 0.15) is 23.3 Å². The Morgan fingerprint density at radius 3 is 2.71 bits per heavy atom. The van der Waals surface area contributed by atoms with Gasteiger partial charge in [0.2, 0.25) is 11.8 Å². The number of amides is 2. The van der Waals surface area contributed by atoms with Crippen LogP contribution >= 0.6 is 0 Å². The molecule has 0 unspecified atom stereocenters. The molecule has 1 spiro atoms. The van der Waals surface area contributed by atoms with Crippen molar-refractivity contribution in [3.8, 4) is 28.1 Å². The molecule has 1 saturated heterocycles. The first-order chi connectivity index (χ1) is 18.4. The van der Waals surface area contributed by atoms with E-state index in [1.165, 1.54) is 0 Å². The maximum Gasteiger partial charge on any atom is 0.245 e. The molecule has 3 aliphatic rings. The number of fused-ring (bicyclic) bond motifs is 1. The molecule has 1 aliphatic heterocycles. The predicted octanol–water partition coefficient (Wildman–Crippen LogP) is 3.84. The van der Waals surface area contributed by atoms with Gasteiger partial charge in [-0.1, -0.05) is 12.1 Å². The zero-order valence-electron chi connectivity index (χ0n) is 21.4. The molecule has 0 radical (unpaired) electrons. The fourth-order valence-corrected chi connectivity index (χ4v) is 5.54. The molecule has 38 heavy (non-hydrogen) atoms. The second-order valence-electron chi connectivity index (χ2n) is 10.7. The van der Waals surface area contributed by atoms with Gasteiger partial charge < -0.3 is 15.4 Å². The number of rotatable bonds is 6. The van der Waals surface area contributed by atoms with Crippen LogP contribution in [-0.4, -0.2) is 49.0 Å². The van der Waals surface area contributed by atoms with Crippen molar-refractivity contribution in [2.75, 3.05) is 12.4 Å². The highest BCUT2D eigenvalue weighted by Gasteiger charge is 2.48. The minimum Gasteiger partial charge on any atom is -0.495 e. The maximum absolute atomic E-state index is 12.8. The molecule has 1 aromatic carbocycles. The van der Waals surface area contributed by atoms with Crippen molar-refractivity contribution >= 4 is 28.5 Å². The van der Waals surface area contributed by atoms with E-state index in [0.717, 1.165) is 71.8 Å². The summed E-state index contributed by atoms with van der Waals surface area (Å²) < 4.78 is 9.49. The molecule has 2 saturated carbocycles. The molecule has 3 fully saturated rings. The summed E-state index contributed by atoms with van der Waals surface area (Å²) in [6, 6.07) is 7.49. The number of anilines is 1. The van der Waals surface area contributed by atoms with E-state index in [4.69, 9.17) is 9.84 Å². The van der Waals surface area contributed by atoms with Crippen LogP contribution in [0.1, 0.15) is 44.6 Å². The lowest BCUT2D eigenvalue weighted by Gasteiger charge is -2.29.